The second-order valence-corrected chi connectivity index (χ2v) is 9.91. The van der Waals surface area contributed by atoms with Crippen molar-refractivity contribution in [1.82, 2.24) is 15.5 Å². The molecule has 0 saturated carbocycles. The second-order valence-electron chi connectivity index (χ2n) is 7.65. The summed E-state index contributed by atoms with van der Waals surface area (Å²) in [6.07, 6.45) is 0.173. The second kappa shape index (κ2) is 12.0. The minimum atomic E-state index is -3.34. The number of ether oxygens (including phenoxy) is 1. The zero-order chi connectivity index (χ0) is 24.4. The largest absolute Gasteiger partial charge is 0.445 e. The van der Waals surface area contributed by atoms with Gasteiger partial charge >= 0.3 is 6.09 Å². The van der Waals surface area contributed by atoms with E-state index in [1.807, 2.05) is 18.2 Å². The van der Waals surface area contributed by atoms with Crippen molar-refractivity contribution in [2.24, 2.45) is 0 Å². The third kappa shape index (κ3) is 8.93. The van der Waals surface area contributed by atoms with E-state index in [0.717, 1.165) is 17.4 Å². The Morgan fingerprint density at radius 2 is 1.64 bits per heavy atom. The van der Waals surface area contributed by atoms with E-state index >= 15 is 0 Å². The van der Waals surface area contributed by atoms with Gasteiger partial charge in [-0.2, -0.15) is 0 Å². The highest BCUT2D eigenvalue weighted by Crippen LogP contribution is 2.10. The van der Waals surface area contributed by atoms with Crippen LogP contribution < -0.4 is 10.6 Å². The predicted molar refractivity (Wildman–Crippen MR) is 124 cm³/mol. The van der Waals surface area contributed by atoms with Crippen molar-refractivity contribution in [3.05, 3.63) is 71.3 Å². The lowest BCUT2D eigenvalue weighted by atomic mass is 10.1. The fourth-order valence-electron chi connectivity index (χ4n) is 3.02. The highest BCUT2D eigenvalue weighted by molar-refractivity contribution is 7.90. The smallest absolute Gasteiger partial charge is 0.408 e. The minimum absolute atomic E-state index is 0.0210. The molecule has 178 valence electrons. The van der Waals surface area contributed by atoms with E-state index in [0.29, 0.717) is 5.56 Å². The summed E-state index contributed by atoms with van der Waals surface area (Å²) in [6, 6.07) is 14.7. The number of hydrogen-bond acceptors (Lipinski definition) is 6. The van der Waals surface area contributed by atoms with E-state index in [9.17, 15) is 22.8 Å². The van der Waals surface area contributed by atoms with Crippen LogP contribution in [0.3, 0.4) is 0 Å². The van der Waals surface area contributed by atoms with Gasteiger partial charge in [0.1, 0.15) is 22.5 Å². The van der Waals surface area contributed by atoms with E-state index in [2.05, 4.69) is 10.6 Å². The molecule has 0 saturated heterocycles. The number of amides is 3. The maximum atomic E-state index is 13.0. The summed E-state index contributed by atoms with van der Waals surface area (Å²) in [5.41, 5.74) is 2.04. The molecule has 0 aliphatic heterocycles. The first-order valence-corrected chi connectivity index (χ1v) is 12.4. The number of rotatable bonds is 10. The van der Waals surface area contributed by atoms with Gasteiger partial charge in [-0.25, -0.2) is 13.2 Å². The van der Waals surface area contributed by atoms with E-state index in [1.54, 1.807) is 43.4 Å². The fraction of sp³-hybridized carbons (Fsp3) is 0.348. The van der Waals surface area contributed by atoms with Crippen molar-refractivity contribution in [2.75, 3.05) is 26.1 Å². The van der Waals surface area contributed by atoms with Crippen molar-refractivity contribution in [3.63, 3.8) is 0 Å². The molecule has 2 aromatic rings. The average molecular weight is 476 g/mol. The third-order valence-corrected chi connectivity index (χ3v) is 5.80. The van der Waals surface area contributed by atoms with Crippen LogP contribution in [0.5, 0.6) is 0 Å². The Kier molecular flexibility index (Phi) is 9.41. The topological polar surface area (TPSA) is 122 Å². The summed E-state index contributed by atoms with van der Waals surface area (Å²) >= 11 is 0. The molecule has 2 rings (SSSR count). The monoisotopic (exact) mass is 475 g/mol. The van der Waals surface area contributed by atoms with Gasteiger partial charge in [0.15, 0.2) is 0 Å². The van der Waals surface area contributed by atoms with Gasteiger partial charge in [-0.05, 0) is 29.7 Å². The molecule has 0 fully saturated rings. The highest BCUT2D eigenvalue weighted by Gasteiger charge is 2.26. The minimum Gasteiger partial charge on any atom is -0.445 e. The molecule has 0 aliphatic rings. The Labute approximate surface area is 194 Å². The molecule has 0 aromatic heterocycles. The molecule has 0 aliphatic carbocycles. The van der Waals surface area contributed by atoms with Crippen LogP contribution in [0.2, 0.25) is 0 Å². The zero-order valence-electron chi connectivity index (χ0n) is 18.9. The van der Waals surface area contributed by atoms with Crippen molar-refractivity contribution < 1.29 is 27.5 Å². The quantitative estimate of drug-likeness (QED) is 0.540. The summed E-state index contributed by atoms with van der Waals surface area (Å²) in [7, 11) is -0.251. The molecule has 0 spiro atoms. The van der Waals surface area contributed by atoms with Gasteiger partial charge in [0.25, 0.3) is 5.91 Å². The summed E-state index contributed by atoms with van der Waals surface area (Å²) in [6.45, 7) is 0.232. The fourth-order valence-corrected chi connectivity index (χ4v) is 3.68. The summed E-state index contributed by atoms with van der Waals surface area (Å²) < 4.78 is 28.4. The van der Waals surface area contributed by atoms with Crippen LogP contribution in [0.15, 0.2) is 54.6 Å². The summed E-state index contributed by atoms with van der Waals surface area (Å²) in [4.78, 5) is 38.3. The van der Waals surface area contributed by atoms with Crippen LogP contribution in [0, 0.1) is 0 Å². The number of hydrogen-bond donors (Lipinski definition) is 2. The van der Waals surface area contributed by atoms with E-state index < -0.39 is 27.9 Å². The molecule has 1 atom stereocenters. The lowest BCUT2D eigenvalue weighted by Gasteiger charge is -2.24. The lowest BCUT2D eigenvalue weighted by molar-refractivity contribution is -0.132. The first-order chi connectivity index (χ1) is 15.6. The molecule has 0 heterocycles. The number of carbonyl (C=O) groups excluding carboxylic acids is 3. The molecule has 2 N–H and O–H groups in total. The molecule has 9 nitrogen and oxygen atoms in total. The molecular formula is C23H29N3O6S. The van der Waals surface area contributed by atoms with Crippen molar-refractivity contribution in [1.29, 1.82) is 0 Å². The van der Waals surface area contributed by atoms with Crippen molar-refractivity contribution in [3.8, 4) is 0 Å². The van der Waals surface area contributed by atoms with Crippen molar-refractivity contribution >= 4 is 27.7 Å². The summed E-state index contributed by atoms with van der Waals surface area (Å²) in [5, 5.41) is 5.02. The van der Waals surface area contributed by atoms with Gasteiger partial charge in [-0.3, -0.25) is 9.59 Å². The van der Waals surface area contributed by atoms with Crippen LogP contribution >= 0.6 is 0 Å². The number of carbonyl (C=O) groups is 3. The maximum Gasteiger partial charge on any atom is 0.408 e. The number of benzene rings is 2. The number of nitrogens with one attached hydrogen (secondary N) is 2. The van der Waals surface area contributed by atoms with Gasteiger partial charge < -0.3 is 20.3 Å². The van der Waals surface area contributed by atoms with Gasteiger partial charge in [0, 0.05) is 32.5 Å². The Bertz CT molecular complexity index is 1060. The van der Waals surface area contributed by atoms with Crippen LogP contribution in [0.1, 0.15) is 27.9 Å². The number of nitrogens with zero attached hydrogens (tertiary/aromatic N) is 1. The predicted octanol–water partition coefficient (Wildman–Crippen LogP) is 1.73. The average Bonchev–Trinajstić information content (AvgIpc) is 2.80. The van der Waals surface area contributed by atoms with Crippen molar-refractivity contribution in [2.45, 2.75) is 25.6 Å². The van der Waals surface area contributed by atoms with Gasteiger partial charge in [-0.1, -0.05) is 42.5 Å². The van der Waals surface area contributed by atoms with Gasteiger partial charge in [-0.15, -0.1) is 0 Å². The molecule has 0 bridgehead atoms. The Morgan fingerprint density at radius 3 is 2.21 bits per heavy atom. The van der Waals surface area contributed by atoms with Gasteiger partial charge in [0.2, 0.25) is 5.91 Å². The van der Waals surface area contributed by atoms with Crippen LogP contribution in [-0.2, 0) is 32.5 Å². The van der Waals surface area contributed by atoms with E-state index in [-0.39, 0.29) is 31.2 Å². The maximum absolute atomic E-state index is 13.0. The van der Waals surface area contributed by atoms with Crippen LogP contribution in [0.25, 0.3) is 0 Å². The van der Waals surface area contributed by atoms with Gasteiger partial charge in [0.05, 0.1) is 5.75 Å². The van der Waals surface area contributed by atoms with E-state index in [1.165, 1.54) is 11.9 Å². The molecule has 0 radical (unpaired) electrons. The van der Waals surface area contributed by atoms with Crippen LogP contribution in [-0.4, -0.2) is 63.4 Å². The number of alkyl carbamates (subject to hydrolysis) is 1. The number of sulfone groups is 1. The molecule has 33 heavy (non-hydrogen) atoms. The lowest BCUT2D eigenvalue weighted by Crippen LogP contribution is -2.48. The Balaban J connectivity index is 2.03. The first-order valence-electron chi connectivity index (χ1n) is 10.3. The van der Waals surface area contributed by atoms with Crippen LogP contribution in [0.4, 0.5) is 4.79 Å². The SMILES string of the molecule is CNC(=O)c1ccc(CN(C)C(=O)C(CCS(C)(=O)=O)NC(=O)OCc2ccccc2)cc1. The highest BCUT2D eigenvalue weighted by atomic mass is 32.2. The standard InChI is InChI=1S/C23H29N3O6S/c1-24-21(27)19-11-9-17(10-12-19)15-26(2)22(28)20(13-14-33(3,30)31)25-23(29)32-16-18-7-5-4-6-8-18/h4-12,20H,13-16H2,1-3H3,(H,24,27)(H,25,29). The molecule has 10 heteroatoms. The number of likely N-dealkylation sites (N-methyl/N-ethyl adjacent to an activating group) is 1. The molecule has 3 amide bonds. The first kappa shape index (κ1) is 25.9. The Hall–Kier alpha value is -3.40. The Morgan fingerprint density at radius 1 is 1.00 bits per heavy atom. The van der Waals surface area contributed by atoms with E-state index in [4.69, 9.17) is 4.74 Å². The molecule has 2 aromatic carbocycles. The normalized spacial score (nSPS) is 11.8. The summed E-state index contributed by atoms with van der Waals surface area (Å²) in [5.74, 6) is -0.937. The third-order valence-electron chi connectivity index (χ3n) is 4.82. The molecular weight excluding hydrogens is 446 g/mol. The molecule has 1 unspecified atom stereocenters. The zero-order valence-corrected chi connectivity index (χ0v) is 19.7.